The van der Waals surface area contributed by atoms with Crippen LogP contribution in [-0.2, 0) is 23.8 Å². The molecule has 0 fully saturated rings. The van der Waals surface area contributed by atoms with E-state index in [0.717, 1.165) is 70.6 Å². The number of carbonyl (C=O) groups is 2. The van der Waals surface area contributed by atoms with Crippen LogP contribution < -0.4 is 0 Å². The van der Waals surface area contributed by atoms with Gasteiger partial charge in [-0.2, -0.15) is 0 Å². The van der Waals surface area contributed by atoms with Crippen LogP contribution in [0.15, 0.2) is 48.6 Å². The minimum atomic E-state index is -0.541. The summed E-state index contributed by atoms with van der Waals surface area (Å²) in [6, 6.07) is 0. The molecule has 0 N–H and O–H groups in total. The molecule has 5 nitrogen and oxygen atoms in total. The van der Waals surface area contributed by atoms with Crippen molar-refractivity contribution in [2.24, 2.45) is 0 Å². The first-order valence-corrected chi connectivity index (χ1v) is 24.2. The Morgan fingerprint density at radius 3 is 1.30 bits per heavy atom. The van der Waals surface area contributed by atoms with Crippen molar-refractivity contribution in [3.63, 3.8) is 0 Å². The molecule has 0 aliphatic carbocycles. The van der Waals surface area contributed by atoms with Gasteiger partial charge in [-0.1, -0.05) is 198 Å². The number of unbranched alkanes of at least 4 members (excludes halogenated alkanes) is 25. The fourth-order valence-corrected chi connectivity index (χ4v) is 6.75. The van der Waals surface area contributed by atoms with Crippen LogP contribution in [-0.4, -0.2) is 37.9 Å². The molecule has 0 aliphatic heterocycles. The van der Waals surface area contributed by atoms with Crippen molar-refractivity contribution in [1.82, 2.24) is 0 Å². The number of carbonyl (C=O) groups excluding carboxylic acids is 2. The number of rotatable bonds is 44. The van der Waals surface area contributed by atoms with Crippen molar-refractivity contribution >= 4 is 11.9 Å². The van der Waals surface area contributed by atoms with E-state index in [1.165, 1.54) is 135 Å². The Hall–Kier alpha value is -2.14. The molecule has 0 aliphatic rings. The van der Waals surface area contributed by atoms with Crippen molar-refractivity contribution in [1.29, 1.82) is 0 Å². The summed E-state index contributed by atoms with van der Waals surface area (Å²) in [5, 5.41) is 0. The molecule has 5 heteroatoms. The van der Waals surface area contributed by atoms with Crippen molar-refractivity contribution in [2.45, 2.75) is 245 Å². The van der Waals surface area contributed by atoms with Crippen LogP contribution in [0, 0.1) is 0 Å². The molecule has 0 aromatic rings. The van der Waals surface area contributed by atoms with Gasteiger partial charge < -0.3 is 14.2 Å². The normalized spacial score (nSPS) is 12.6. The molecular formula is C51H92O5. The molecule has 0 bridgehead atoms. The lowest BCUT2D eigenvalue weighted by atomic mass is 10.1. The summed E-state index contributed by atoms with van der Waals surface area (Å²) in [7, 11) is 0. The maximum Gasteiger partial charge on any atom is 0.306 e. The Morgan fingerprint density at radius 1 is 0.411 bits per heavy atom. The zero-order valence-electron chi connectivity index (χ0n) is 37.4. The summed E-state index contributed by atoms with van der Waals surface area (Å²) in [5.41, 5.74) is 0. The van der Waals surface area contributed by atoms with E-state index in [1.54, 1.807) is 0 Å². The first-order chi connectivity index (χ1) is 27.6. The summed E-state index contributed by atoms with van der Waals surface area (Å²) >= 11 is 0. The van der Waals surface area contributed by atoms with Gasteiger partial charge in [-0.05, 0) is 77.0 Å². The van der Waals surface area contributed by atoms with Gasteiger partial charge in [0.25, 0.3) is 0 Å². The average molecular weight is 785 g/mol. The molecule has 326 valence electrons. The number of esters is 2. The molecule has 0 spiro atoms. The Balaban J connectivity index is 4.22. The number of ether oxygens (including phenoxy) is 3. The fraction of sp³-hybridized carbons (Fsp3) is 0.804. The first-order valence-electron chi connectivity index (χ1n) is 24.2. The first kappa shape index (κ1) is 53.9. The highest BCUT2D eigenvalue weighted by Gasteiger charge is 2.17. The van der Waals surface area contributed by atoms with Crippen LogP contribution in [0.1, 0.15) is 239 Å². The molecular weight excluding hydrogens is 693 g/mol. The third-order valence-corrected chi connectivity index (χ3v) is 10.3. The van der Waals surface area contributed by atoms with Crippen LogP contribution in [0.2, 0.25) is 0 Å². The highest BCUT2D eigenvalue weighted by Crippen LogP contribution is 2.14. The van der Waals surface area contributed by atoms with E-state index in [1.807, 2.05) is 0 Å². The molecule has 0 saturated carbocycles. The van der Waals surface area contributed by atoms with E-state index in [4.69, 9.17) is 14.2 Å². The summed E-state index contributed by atoms with van der Waals surface area (Å²) in [6.45, 7) is 7.68. The van der Waals surface area contributed by atoms with Gasteiger partial charge in [0.2, 0.25) is 0 Å². The number of hydrogen-bond donors (Lipinski definition) is 0. The molecule has 56 heavy (non-hydrogen) atoms. The minimum absolute atomic E-state index is 0.0761. The van der Waals surface area contributed by atoms with Crippen molar-refractivity contribution < 1.29 is 23.8 Å². The van der Waals surface area contributed by atoms with Gasteiger partial charge in [0.1, 0.15) is 6.61 Å². The lowest BCUT2D eigenvalue weighted by Gasteiger charge is -2.18. The SMILES string of the molecule is CC/C=C\C/C=C\C/C=C\CCCCCCCC(=O)OCC(COCCCCCCCC/C=C\CCCCCCCC)OC(=O)CCCCCCCCCCC. The largest absolute Gasteiger partial charge is 0.462 e. The van der Waals surface area contributed by atoms with Gasteiger partial charge in [-0.15, -0.1) is 0 Å². The standard InChI is InChI=1S/C51H92O5/c1-4-7-10-13-16-19-21-23-25-27-29-31-34-37-40-43-46-54-47-49(56-51(53)45-42-39-36-32-18-15-12-9-6-3)48-55-50(52)44-41-38-35-33-30-28-26-24-22-20-17-14-11-8-5-2/h8,11,17,20,23-26,49H,4-7,9-10,12-16,18-19,21-22,27-48H2,1-3H3/b11-8-,20-17-,25-23-,26-24-. The summed E-state index contributed by atoms with van der Waals surface area (Å²) < 4.78 is 17.3. The highest BCUT2D eigenvalue weighted by molar-refractivity contribution is 5.70. The summed E-state index contributed by atoms with van der Waals surface area (Å²) in [4.78, 5) is 25.2. The number of allylic oxidation sites excluding steroid dienone is 8. The topological polar surface area (TPSA) is 61.8 Å². The molecule has 0 heterocycles. The monoisotopic (exact) mass is 785 g/mol. The molecule has 0 rings (SSSR count). The minimum Gasteiger partial charge on any atom is -0.462 e. The van der Waals surface area contributed by atoms with Gasteiger partial charge in [0, 0.05) is 19.4 Å². The lowest BCUT2D eigenvalue weighted by Crippen LogP contribution is -2.30. The maximum absolute atomic E-state index is 12.7. The molecule has 0 saturated heterocycles. The maximum atomic E-state index is 12.7. The highest BCUT2D eigenvalue weighted by atomic mass is 16.6. The lowest BCUT2D eigenvalue weighted by molar-refractivity contribution is -0.163. The summed E-state index contributed by atoms with van der Waals surface area (Å²) in [5.74, 6) is -0.416. The van der Waals surface area contributed by atoms with Crippen LogP contribution in [0.25, 0.3) is 0 Å². The van der Waals surface area contributed by atoms with Crippen molar-refractivity contribution in [3.05, 3.63) is 48.6 Å². The smallest absolute Gasteiger partial charge is 0.306 e. The van der Waals surface area contributed by atoms with Gasteiger partial charge in [-0.3, -0.25) is 9.59 Å². The van der Waals surface area contributed by atoms with Gasteiger partial charge in [0.15, 0.2) is 6.10 Å². The molecule has 0 amide bonds. The Bertz CT molecular complexity index is 935. The quantitative estimate of drug-likeness (QED) is 0.0350. The van der Waals surface area contributed by atoms with Gasteiger partial charge >= 0.3 is 11.9 Å². The second-order valence-corrected chi connectivity index (χ2v) is 16.0. The molecule has 0 aromatic carbocycles. The zero-order chi connectivity index (χ0) is 40.7. The van der Waals surface area contributed by atoms with Gasteiger partial charge in [0.05, 0.1) is 6.61 Å². The van der Waals surface area contributed by atoms with Crippen molar-refractivity contribution in [3.8, 4) is 0 Å². The molecule has 1 unspecified atom stereocenters. The van der Waals surface area contributed by atoms with Gasteiger partial charge in [-0.25, -0.2) is 0 Å². The van der Waals surface area contributed by atoms with E-state index in [9.17, 15) is 9.59 Å². The van der Waals surface area contributed by atoms with E-state index < -0.39 is 6.10 Å². The predicted octanol–water partition coefficient (Wildman–Crippen LogP) is 16.0. The molecule has 1 atom stereocenters. The second kappa shape index (κ2) is 47.2. The van der Waals surface area contributed by atoms with Crippen LogP contribution in [0.3, 0.4) is 0 Å². The van der Waals surface area contributed by atoms with E-state index >= 15 is 0 Å². The number of hydrogen-bond acceptors (Lipinski definition) is 5. The zero-order valence-corrected chi connectivity index (χ0v) is 37.4. The predicted molar refractivity (Wildman–Crippen MR) is 242 cm³/mol. The molecule has 0 radical (unpaired) electrons. The summed E-state index contributed by atoms with van der Waals surface area (Å²) in [6.07, 6.45) is 56.8. The third kappa shape index (κ3) is 44.6. The molecule has 0 aromatic heterocycles. The fourth-order valence-electron chi connectivity index (χ4n) is 6.75. The second-order valence-electron chi connectivity index (χ2n) is 16.0. The van der Waals surface area contributed by atoms with Crippen LogP contribution in [0.4, 0.5) is 0 Å². The Labute approximate surface area is 348 Å². The Morgan fingerprint density at radius 2 is 0.804 bits per heavy atom. The van der Waals surface area contributed by atoms with Crippen LogP contribution in [0.5, 0.6) is 0 Å². The van der Waals surface area contributed by atoms with E-state index in [0.29, 0.717) is 19.4 Å². The van der Waals surface area contributed by atoms with Crippen molar-refractivity contribution in [2.75, 3.05) is 19.8 Å². The third-order valence-electron chi connectivity index (χ3n) is 10.3. The van der Waals surface area contributed by atoms with Crippen LogP contribution >= 0.6 is 0 Å². The van der Waals surface area contributed by atoms with E-state index in [-0.39, 0.29) is 25.2 Å². The Kier molecular flexibility index (Phi) is 45.4. The van der Waals surface area contributed by atoms with E-state index in [2.05, 4.69) is 69.4 Å². The average Bonchev–Trinajstić information content (AvgIpc) is 3.20.